The Morgan fingerprint density at radius 2 is 1.87 bits per heavy atom. The molecule has 2 amide bonds. The topological polar surface area (TPSA) is 198 Å². The van der Waals surface area contributed by atoms with Crippen molar-refractivity contribution in [3.05, 3.63) is 50.1 Å². The first-order chi connectivity index (χ1) is 18.5. The van der Waals surface area contributed by atoms with Crippen LogP contribution in [0.4, 0.5) is 0 Å². The summed E-state index contributed by atoms with van der Waals surface area (Å²) in [5.41, 5.74) is 0.431. The minimum absolute atomic E-state index is 0.0472. The van der Waals surface area contributed by atoms with E-state index in [0.717, 1.165) is 11.8 Å². The maximum atomic E-state index is 13.1. The number of thioether (sulfide) groups is 1. The number of nitrogens with one attached hydrogen (secondary N) is 1. The normalized spacial score (nSPS) is 16.1. The van der Waals surface area contributed by atoms with Crippen LogP contribution in [-0.2, 0) is 35.5 Å². The van der Waals surface area contributed by atoms with Crippen molar-refractivity contribution in [2.24, 2.45) is 5.92 Å². The van der Waals surface area contributed by atoms with Gasteiger partial charge in [-0.15, -0.1) is 20.2 Å². The number of rotatable bonds is 15. The van der Waals surface area contributed by atoms with Crippen LogP contribution in [0.5, 0.6) is 5.75 Å². The lowest BCUT2D eigenvalue weighted by Crippen LogP contribution is -2.45. The smallest absolute Gasteiger partial charge is 0.334 e. The third-order valence-electron chi connectivity index (χ3n) is 5.63. The molecule has 0 aliphatic carbocycles. The summed E-state index contributed by atoms with van der Waals surface area (Å²) in [6.07, 6.45) is 1.07. The van der Waals surface area contributed by atoms with Gasteiger partial charge in [-0.1, -0.05) is 30.8 Å². The molecule has 0 spiro atoms. The number of esters is 1. The van der Waals surface area contributed by atoms with Crippen LogP contribution in [0.1, 0.15) is 45.1 Å². The van der Waals surface area contributed by atoms with Crippen molar-refractivity contribution in [1.29, 1.82) is 0 Å². The summed E-state index contributed by atoms with van der Waals surface area (Å²) in [4.78, 5) is 80.6. The Hall–Kier alpha value is -3.95. The molecule has 0 saturated carbocycles. The van der Waals surface area contributed by atoms with E-state index in [1.54, 1.807) is 19.1 Å². The van der Waals surface area contributed by atoms with Gasteiger partial charge in [-0.3, -0.25) is 14.4 Å². The molecule has 1 aliphatic rings. The summed E-state index contributed by atoms with van der Waals surface area (Å²) < 4.78 is 5.42. The predicted molar refractivity (Wildman–Crippen MR) is 135 cm³/mol. The zero-order valence-corrected chi connectivity index (χ0v) is 22.3. The molecule has 1 aliphatic heterocycles. The third kappa shape index (κ3) is 10.7. The van der Waals surface area contributed by atoms with Crippen LogP contribution in [0, 0.1) is 26.1 Å². The zero-order valence-electron chi connectivity index (χ0n) is 21.4. The Kier molecular flexibility index (Phi) is 12.4. The van der Waals surface area contributed by atoms with Crippen LogP contribution in [0.3, 0.4) is 0 Å². The lowest BCUT2D eigenvalue weighted by Gasteiger charge is -2.26. The molecule has 1 aromatic carbocycles. The second kappa shape index (κ2) is 15.5. The maximum Gasteiger partial charge on any atom is 0.334 e. The molecule has 39 heavy (non-hydrogen) atoms. The van der Waals surface area contributed by atoms with Crippen molar-refractivity contribution < 1.29 is 43.8 Å². The molecule has 1 aromatic rings. The van der Waals surface area contributed by atoms with Gasteiger partial charge in [0.25, 0.3) is 10.2 Å². The molecule has 16 heteroatoms. The van der Waals surface area contributed by atoms with Gasteiger partial charge < -0.3 is 24.6 Å². The van der Waals surface area contributed by atoms with Gasteiger partial charge >= 0.3 is 5.97 Å². The van der Waals surface area contributed by atoms with Gasteiger partial charge in [-0.05, 0) is 43.9 Å². The fourth-order valence-electron chi connectivity index (χ4n) is 3.72. The highest BCUT2D eigenvalue weighted by Gasteiger charge is 2.37. The molecule has 1 heterocycles. The molecule has 214 valence electrons. The number of nitrogens with zero attached hydrogens (tertiary/aromatic N) is 3. The number of hydrogen-bond acceptors (Lipinski definition) is 12. The Morgan fingerprint density at radius 1 is 1.15 bits per heavy atom. The second-order valence-corrected chi connectivity index (χ2v) is 9.76. The minimum atomic E-state index is -0.949. The molecule has 15 nitrogen and oxygen atoms in total. The van der Waals surface area contributed by atoms with Crippen molar-refractivity contribution >= 4 is 34.7 Å². The fourth-order valence-corrected chi connectivity index (χ4v) is 4.58. The fraction of sp³-hybridized carbons (Fsp3) is 0.565. The molecule has 0 bridgehead atoms. The van der Waals surface area contributed by atoms with Crippen LogP contribution < -0.4 is 10.1 Å². The molecule has 1 fully saturated rings. The Bertz CT molecular complexity index is 1070. The van der Waals surface area contributed by atoms with Crippen molar-refractivity contribution in [1.82, 2.24) is 10.2 Å². The first-order valence-corrected chi connectivity index (χ1v) is 13.1. The SMILES string of the molecule is CC(NC(=O)CCCO[N+](=O)[O-])C(=O)SC[C@@H](C)C(=O)N1CCC[C@H]1C(=O)Oc1cccc(CO[N+](=O)[O-])c1. The van der Waals surface area contributed by atoms with Gasteiger partial charge in [0, 0.05) is 24.6 Å². The Labute approximate surface area is 227 Å². The van der Waals surface area contributed by atoms with Crippen molar-refractivity contribution in [3.8, 4) is 5.75 Å². The van der Waals surface area contributed by atoms with E-state index in [-0.39, 0.29) is 48.6 Å². The third-order valence-corrected chi connectivity index (χ3v) is 6.94. The van der Waals surface area contributed by atoms with Crippen LogP contribution >= 0.6 is 11.8 Å². The first-order valence-electron chi connectivity index (χ1n) is 12.1. The van der Waals surface area contributed by atoms with E-state index in [0.29, 0.717) is 24.9 Å². The number of hydrogen-bond donors (Lipinski definition) is 1. The molecule has 1 unspecified atom stereocenters. The number of ether oxygens (including phenoxy) is 1. The molecule has 1 N–H and O–H groups in total. The molecule has 2 rings (SSSR count). The number of likely N-dealkylation sites (tertiary alicyclic amines) is 1. The van der Waals surface area contributed by atoms with Crippen LogP contribution in [0.2, 0.25) is 0 Å². The van der Waals surface area contributed by atoms with Gasteiger partial charge in [-0.25, -0.2) is 4.79 Å². The number of carbonyl (C=O) groups excluding carboxylic acids is 4. The molecule has 1 saturated heterocycles. The highest BCUT2D eigenvalue weighted by atomic mass is 32.2. The second-order valence-electron chi connectivity index (χ2n) is 8.74. The van der Waals surface area contributed by atoms with Gasteiger partial charge in [0.05, 0.1) is 12.6 Å². The van der Waals surface area contributed by atoms with E-state index in [1.807, 2.05) is 0 Å². The summed E-state index contributed by atoms with van der Waals surface area (Å²) in [6, 6.07) is 4.45. The lowest BCUT2D eigenvalue weighted by molar-refractivity contribution is -0.763. The van der Waals surface area contributed by atoms with E-state index in [1.165, 1.54) is 24.0 Å². The van der Waals surface area contributed by atoms with Crippen LogP contribution in [-0.4, -0.2) is 69.0 Å². The van der Waals surface area contributed by atoms with Gasteiger partial charge in [0.2, 0.25) is 16.9 Å². The van der Waals surface area contributed by atoms with Gasteiger partial charge in [-0.2, -0.15) is 0 Å². The minimum Gasteiger partial charge on any atom is -0.425 e. The standard InChI is InChI=1S/C23H30N4O11S/c1-15(14-39-23(31)16(2)24-20(28)9-5-11-36-26(32)33)21(29)25-10-4-8-19(25)22(30)38-18-7-3-6-17(12-18)13-37-27(34)35/h3,6-7,12,15-16,19H,4-5,8-11,13-14H2,1-2H3,(H,24,28)/t15-,16?,19+/m1/s1. The van der Waals surface area contributed by atoms with Crippen LogP contribution in [0.15, 0.2) is 24.3 Å². The zero-order chi connectivity index (χ0) is 28.9. The average Bonchev–Trinajstić information content (AvgIpc) is 3.38. The highest BCUT2D eigenvalue weighted by molar-refractivity contribution is 8.13. The molecular weight excluding hydrogens is 540 g/mol. The summed E-state index contributed by atoms with van der Waals surface area (Å²) in [6.45, 7) is 2.96. The van der Waals surface area contributed by atoms with E-state index < -0.39 is 40.1 Å². The molecule has 3 atom stereocenters. The molecule has 0 radical (unpaired) electrons. The van der Waals surface area contributed by atoms with Crippen molar-refractivity contribution in [3.63, 3.8) is 0 Å². The van der Waals surface area contributed by atoms with Crippen molar-refractivity contribution in [2.45, 2.75) is 58.2 Å². The predicted octanol–water partition coefficient (Wildman–Crippen LogP) is 1.68. The quantitative estimate of drug-likeness (QED) is 0.105. The average molecular weight is 571 g/mol. The van der Waals surface area contributed by atoms with E-state index in [4.69, 9.17) is 4.74 Å². The molecular formula is C23H30N4O11S. The van der Waals surface area contributed by atoms with Gasteiger partial charge in [0.15, 0.2) is 0 Å². The van der Waals surface area contributed by atoms with Crippen LogP contribution in [0.25, 0.3) is 0 Å². The van der Waals surface area contributed by atoms with Gasteiger partial charge in [0.1, 0.15) is 18.4 Å². The Morgan fingerprint density at radius 3 is 2.56 bits per heavy atom. The van der Waals surface area contributed by atoms with E-state index in [9.17, 15) is 39.4 Å². The number of benzene rings is 1. The number of amides is 2. The van der Waals surface area contributed by atoms with E-state index in [2.05, 4.69) is 15.0 Å². The molecule has 0 aromatic heterocycles. The Balaban J connectivity index is 1.83. The summed E-state index contributed by atoms with van der Waals surface area (Å²) >= 11 is 0.883. The monoisotopic (exact) mass is 570 g/mol. The van der Waals surface area contributed by atoms with E-state index >= 15 is 0 Å². The highest BCUT2D eigenvalue weighted by Crippen LogP contribution is 2.24. The lowest BCUT2D eigenvalue weighted by atomic mass is 10.1. The maximum absolute atomic E-state index is 13.1. The largest absolute Gasteiger partial charge is 0.425 e. The summed E-state index contributed by atoms with van der Waals surface area (Å²) in [7, 11) is 0. The van der Waals surface area contributed by atoms with Crippen molar-refractivity contribution in [2.75, 3.05) is 18.9 Å². The summed E-state index contributed by atoms with van der Waals surface area (Å²) in [5, 5.41) is 20.8. The summed E-state index contributed by atoms with van der Waals surface area (Å²) in [5.74, 6) is -1.71. The number of carbonyl (C=O) groups is 4. The first kappa shape index (κ1) is 31.3.